The summed E-state index contributed by atoms with van der Waals surface area (Å²) in [5.74, 6) is 0.659. The molecule has 2 aromatic carbocycles. The molecule has 0 spiro atoms. The average Bonchev–Trinajstić information content (AvgIpc) is 2.72. The number of benzene rings is 2. The van der Waals surface area contributed by atoms with Gasteiger partial charge in [-0.1, -0.05) is 138 Å². The normalized spacial score (nSPS) is 12.2. The standard InChI is InChI=1S/C27H40/c1-2-3-4-5-6-7-8-9-10-11-16-23-27(26-21-17-13-18-22-26)24-25-19-14-12-15-20-25/h12-15,17-22,27H,2-11,16,23-24H2,1H3. The third-order valence-electron chi connectivity index (χ3n) is 5.75. The van der Waals surface area contributed by atoms with Gasteiger partial charge in [-0.2, -0.15) is 0 Å². The van der Waals surface area contributed by atoms with E-state index in [1.165, 1.54) is 94.6 Å². The second-order valence-electron chi connectivity index (χ2n) is 8.12. The van der Waals surface area contributed by atoms with E-state index >= 15 is 0 Å². The van der Waals surface area contributed by atoms with Gasteiger partial charge in [0.05, 0.1) is 0 Å². The van der Waals surface area contributed by atoms with E-state index in [0.29, 0.717) is 5.92 Å². The van der Waals surface area contributed by atoms with Gasteiger partial charge >= 0.3 is 0 Å². The zero-order valence-electron chi connectivity index (χ0n) is 17.5. The van der Waals surface area contributed by atoms with E-state index in [9.17, 15) is 0 Å². The van der Waals surface area contributed by atoms with Crippen molar-refractivity contribution in [3.8, 4) is 0 Å². The minimum absolute atomic E-state index is 0.659. The molecular weight excluding hydrogens is 324 g/mol. The lowest BCUT2D eigenvalue weighted by molar-refractivity contribution is 0.520. The molecule has 0 aliphatic rings. The molecule has 0 radical (unpaired) electrons. The Kier molecular flexibility index (Phi) is 11.7. The average molecular weight is 365 g/mol. The van der Waals surface area contributed by atoms with Crippen LogP contribution in [0.3, 0.4) is 0 Å². The van der Waals surface area contributed by atoms with Gasteiger partial charge in [-0.05, 0) is 29.9 Å². The lowest BCUT2D eigenvalue weighted by Crippen LogP contribution is -2.03. The molecule has 0 heteroatoms. The van der Waals surface area contributed by atoms with Crippen molar-refractivity contribution in [3.05, 3.63) is 71.8 Å². The SMILES string of the molecule is CCCCCCCCCCCCCC(Cc1ccccc1)c1ccccc1. The molecule has 0 fully saturated rings. The first-order valence-electron chi connectivity index (χ1n) is 11.5. The quantitative estimate of drug-likeness (QED) is 0.277. The van der Waals surface area contributed by atoms with Crippen LogP contribution in [0.15, 0.2) is 60.7 Å². The Morgan fingerprint density at radius 2 is 1.04 bits per heavy atom. The summed E-state index contributed by atoms with van der Waals surface area (Å²) in [4.78, 5) is 0. The van der Waals surface area contributed by atoms with Crippen LogP contribution in [0.25, 0.3) is 0 Å². The van der Waals surface area contributed by atoms with Gasteiger partial charge < -0.3 is 0 Å². The molecule has 0 nitrogen and oxygen atoms in total. The van der Waals surface area contributed by atoms with E-state index in [2.05, 4.69) is 67.6 Å². The molecule has 0 saturated heterocycles. The van der Waals surface area contributed by atoms with Crippen molar-refractivity contribution in [1.29, 1.82) is 0 Å². The van der Waals surface area contributed by atoms with Gasteiger partial charge in [0.2, 0.25) is 0 Å². The Morgan fingerprint density at radius 3 is 1.59 bits per heavy atom. The fourth-order valence-electron chi connectivity index (χ4n) is 4.07. The van der Waals surface area contributed by atoms with Crippen LogP contribution >= 0.6 is 0 Å². The van der Waals surface area contributed by atoms with Crippen molar-refractivity contribution in [1.82, 2.24) is 0 Å². The van der Waals surface area contributed by atoms with E-state index in [1.54, 1.807) is 0 Å². The van der Waals surface area contributed by atoms with Crippen molar-refractivity contribution in [3.63, 3.8) is 0 Å². The van der Waals surface area contributed by atoms with Gasteiger partial charge in [0.15, 0.2) is 0 Å². The Hall–Kier alpha value is -1.56. The maximum Gasteiger partial charge on any atom is -0.0121 e. The summed E-state index contributed by atoms with van der Waals surface area (Å²) in [6.45, 7) is 2.29. The second kappa shape index (κ2) is 14.5. The van der Waals surface area contributed by atoms with Crippen LogP contribution in [0, 0.1) is 0 Å². The van der Waals surface area contributed by atoms with E-state index in [0.717, 1.165) is 0 Å². The molecule has 0 aliphatic heterocycles. The fraction of sp³-hybridized carbons (Fsp3) is 0.556. The van der Waals surface area contributed by atoms with Crippen LogP contribution in [0.4, 0.5) is 0 Å². The molecule has 0 saturated carbocycles. The van der Waals surface area contributed by atoms with Crippen LogP contribution in [0.1, 0.15) is 101 Å². The highest BCUT2D eigenvalue weighted by Crippen LogP contribution is 2.27. The van der Waals surface area contributed by atoms with Crippen LogP contribution in [0.5, 0.6) is 0 Å². The van der Waals surface area contributed by atoms with Crippen LogP contribution in [0.2, 0.25) is 0 Å². The van der Waals surface area contributed by atoms with Gasteiger partial charge in [-0.3, -0.25) is 0 Å². The highest BCUT2D eigenvalue weighted by Gasteiger charge is 2.12. The molecular formula is C27H40. The summed E-state index contributed by atoms with van der Waals surface area (Å²) in [5.41, 5.74) is 2.97. The Labute approximate surface area is 168 Å². The van der Waals surface area contributed by atoms with Crippen molar-refractivity contribution < 1.29 is 0 Å². The van der Waals surface area contributed by atoms with Gasteiger partial charge in [-0.25, -0.2) is 0 Å². The second-order valence-corrected chi connectivity index (χ2v) is 8.12. The minimum Gasteiger partial charge on any atom is -0.0654 e. The lowest BCUT2D eigenvalue weighted by Gasteiger charge is -2.18. The van der Waals surface area contributed by atoms with Gasteiger partial charge in [0.25, 0.3) is 0 Å². The first-order chi connectivity index (χ1) is 13.4. The Morgan fingerprint density at radius 1 is 0.556 bits per heavy atom. The zero-order chi connectivity index (χ0) is 19.0. The first kappa shape index (κ1) is 21.7. The van der Waals surface area contributed by atoms with E-state index in [1.807, 2.05) is 0 Å². The molecule has 0 bridgehead atoms. The number of rotatable bonds is 15. The smallest absolute Gasteiger partial charge is 0.0121 e. The molecule has 1 atom stereocenters. The molecule has 2 rings (SSSR count). The summed E-state index contributed by atoms with van der Waals surface area (Å²) < 4.78 is 0. The molecule has 148 valence electrons. The maximum atomic E-state index is 2.31. The molecule has 0 heterocycles. The monoisotopic (exact) mass is 364 g/mol. The van der Waals surface area contributed by atoms with E-state index < -0.39 is 0 Å². The number of hydrogen-bond acceptors (Lipinski definition) is 0. The molecule has 0 amide bonds. The van der Waals surface area contributed by atoms with Crippen molar-refractivity contribution in [2.24, 2.45) is 0 Å². The Balaban J connectivity index is 1.63. The van der Waals surface area contributed by atoms with E-state index in [-0.39, 0.29) is 0 Å². The predicted octanol–water partition coefficient (Wildman–Crippen LogP) is 8.71. The minimum atomic E-state index is 0.659. The highest BCUT2D eigenvalue weighted by molar-refractivity contribution is 5.24. The number of hydrogen-bond donors (Lipinski definition) is 0. The van der Waals surface area contributed by atoms with Crippen molar-refractivity contribution in [2.45, 2.75) is 96.3 Å². The summed E-state index contributed by atoms with van der Waals surface area (Å²) in [7, 11) is 0. The third kappa shape index (κ3) is 9.80. The van der Waals surface area contributed by atoms with Gasteiger partial charge in [0.1, 0.15) is 0 Å². The molecule has 0 N–H and O–H groups in total. The van der Waals surface area contributed by atoms with Crippen molar-refractivity contribution in [2.75, 3.05) is 0 Å². The Bertz CT molecular complexity index is 557. The first-order valence-corrected chi connectivity index (χ1v) is 11.5. The fourth-order valence-corrected chi connectivity index (χ4v) is 4.07. The van der Waals surface area contributed by atoms with Crippen molar-refractivity contribution >= 4 is 0 Å². The molecule has 2 aromatic rings. The van der Waals surface area contributed by atoms with Crippen LogP contribution in [-0.2, 0) is 6.42 Å². The van der Waals surface area contributed by atoms with Crippen LogP contribution in [-0.4, -0.2) is 0 Å². The van der Waals surface area contributed by atoms with E-state index in [4.69, 9.17) is 0 Å². The number of unbranched alkanes of at least 4 members (excludes halogenated alkanes) is 10. The van der Waals surface area contributed by atoms with Crippen LogP contribution < -0.4 is 0 Å². The van der Waals surface area contributed by atoms with Gasteiger partial charge in [-0.15, -0.1) is 0 Å². The summed E-state index contributed by atoms with van der Waals surface area (Å²) in [6, 6.07) is 22.1. The molecule has 27 heavy (non-hydrogen) atoms. The largest absolute Gasteiger partial charge is 0.0654 e. The van der Waals surface area contributed by atoms with Gasteiger partial charge in [0, 0.05) is 0 Å². The molecule has 1 unspecified atom stereocenters. The highest BCUT2D eigenvalue weighted by atomic mass is 14.2. The lowest BCUT2D eigenvalue weighted by atomic mass is 9.87. The summed E-state index contributed by atoms with van der Waals surface area (Å²) in [5, 5.41) is 0. The molecule has 0 aromatic heterocycles. The molecule has 0 aliphatic carbocycles. The summed E-state index contributed by atoms with van der Waals surface area (Å²) >= 11 is 0. The third-order valence-corrected chi connectivity index (χ3v) is 5.75. The predicted molar refractivity (Wildman–Crippen MR) is 120 cm³/mol. The summed E-state index contributed by atoms with van der Waals surface area (Å²) in [6.07, 6.45) is 18.1. The maximum absolute atomic E-state index is 2.31. The topological polar surface area (TPSA) is 0 Å². The zero-order valence-corrected chi connectivity index (χ0v) is 17.5.